The van der Waals surface area contributed by atoms with E-state index in [4.69, 9.17) is 9.47 Å². The summed E-state index contributed by atoms with van der Waals surface area (Å²) in [5.41, 5.74) is 2.78. The number of carbonyl (C=O) groups excluding carboxylic acids is 1. The second kappa shape index (κ2) is 7.47. The zero-order chi connectivity index (χ0) is 18.0. The molecule has 2 aliphatic rings. The summed E-state index contributed by atoms with van der Waals surface area (Å²) in [5, 5.41) is 12.6. The molecule has 0 spiro atoms. The Morgan fingerprint density at radius 1 is 1.44 bits per heavy atom. The topological polar surface area (TPSA) is 96.3 Å². The molecule has 136 valence electrons. The van der Waals surface area contributed by atoms with E-state index >= 15 is 0 Å². The maximum atomic E-state index is 12.4. The molecule has 1 fully saturated rings. The average Bonchev–Trinajstić information content (AvgIpc) is 3.16. The Hall–Kier alpha value is -2.03. The largest absolute Gasteiger partial charge is 0.481 e. The van der Waals surface area contributed by atoms with Crippen molar-refractivity contribution in [3.63, 3.8) is 0 Å². The summed E-state index contributed by atoms with van der Waals surface area (Å²) in [6.45, 7) is 1.81. The highest BCUT2D eigenvalue weighted by atomic mass is 16.5. The minimum absolute atomic E-state index is 0.00686. The van der Waals surface area contributed by atoms with Gasteiger partial charge in [0.1, 0.15) is 0 Å². The lowest BCUT2D eigenvalue weighted by Gasteiger charge is -2.18. The molecule has 3 rings (SSSR count). The molecule has 0 aromatic carbocycles. The molecule has 1 saturated heterocycles. The van der Waals surface area contributed by atoms with Gasteiger partial charge in [0.2, 0.25) is 11.8 Å². The first kappa shape index (κ1) is 17.8. The number of nitrogens with zero attached hydrogens (tertiary/aromatic N) is 3. The molecule has 0 unspecified atom stereocenters. The lowest BCUT2D eigenvalue weighted by atomic mass is 10.1. The Kier molecular flexibility index (Phi) is 5.31. The molecular formula is C17H24N4O4. The van der Waals surface area contributed by atoms with Crippen LogP contribution in [0.5, 0.6) is 0 Å². The van der Waals surface area contributed by atoms with Crippen LogP contribution >= 0.6 is 0 Å². The highest BCUT2D eigenvalue weighted by Crippen LogP contribution is 2.23. The van der Waals surface area contributed by atoms with Gasteiger partial charge < -0.3 is 24.8 Å². The van der Waals surface area contributed by atoms with Crippen molar-refractivity contribution in [2.45, 2.75) is 31.7 Å². The van der Waals surface area contributed by atoms with Gasteiger partial charge in [0.05, 0.1) is 55.8 Å². The minimum Gasteiger partial charge on any atom is -0.481 e. The number of carbonyl (C=O) groups is 1. The first-order valence-electron chi connectivity index (χ1n) is 8.27. The Bertz CT molecular complexity index is 691. The van der Waals surface area contributed by atoms with Crippen molar-refractivity contribution in [3.05, 3.63) is 28.6 Å². The summed E-state index contributed by atoms with van der Waals surface area (Å²) >= 11 is 0. The van der Waals surface area contributed by atoms with Crippen LogP contribution in [0.25, 0.3) is 0 Å². The number of amides is 1. The van der Waals surface area contributed by atoms with Crippen molar-refractivity contribution in [2.24, 2.45) is 4.99 Å². The molecule has 1 aromatic rings. The molecule has 0 aliphatic carbocycles. The number of aliphatic hydroxyl groups excluding tert-OH is 1. The lowest BCUT2D eigenvalue weighted by Crippen LogP contribution is -2.44. The molecule has 1 amide bonds. The first-order valence-corrected chi connectivity index (χ1v) is 8.27. The lowest BCUT2D eigenvalue weighted by molar-refractivity contribution is -0.121. The Balaban J connectivity index is 1.70. The van der Waals surface area contributed by atoms with E-state index in [1.54, 1.807) is 14.2 Å². The highest BCUT2D eigenvalue weighted by molar-refractivity contribution is 5.98. The second-order valence-electron chi connectivity index (χ2n) is 6.42. The normalized spacial score (nSPS) is 22.6. The number of fused-ring (bicyclic) bond motifs is 1. The minimum atomic E-state index is -0.223. The molecule has 2 atom stereocenters. The van der Waals surface area contributed by atoms with E-state index in [9.17, 15) is 9.90 Å². The van der Waals surface area contributed by atoms with Gasteiger partial charge >= 0.3 is 0 Å². The van der Waals surface area contributed by atoms with Gasteiger partial charge in [-0.15, -0.1) is 0 Å². The molecule has 0 bridgehead atoms. The maximum Gasteiger partial charge on any atom is 0.226 e. The molecule has 0 radical (unpaired) electrons. The molecule has 25 heavy (non-hydrogen) atoms. The third-order valence-electron chi connectivity index (χ3n) is 4.62. The monoisotopic (exact) mass is 348 g/mol. The van der Waals surface area contributed by atoms with Crippen LogP contribution in [-0.4, -0.2) is 73.3 Å². The number of pyridine rings is 1. The Morgan fingerprint density at radius 3 is 2.92 bits per heavy atom. The molecule has 3 heterocycles. The van der Waals surface area contributed by atoms with Crippen molar-refractivity contribution < 1.29 is 19.4 Å². The van der Waals surface area contributed by atoms with Gasteiger partial charge in [-0.2, -0.15) is 0 Å². The summed E-state index contributed by atoms with van der Waals surface area (Å²) < 4.78 is 10.7. The van der Waals surface area contributed by atoms with Gasteiger partial charge in [-0.1, -0.05) is 0 Å². The average molecular weight is 348 g/mol. The number of aromatic nitrogens is 1. The molecular weight excluding hydrogens is 324 g/mol. The van der Waals surface area contributed by atoms with Crippen LogP contribution in [0.4, 0.5) is 0 Å². The standard InChI is InChI=1S/C17H24N4O4/c1-21-7-12(14(8-21)24-2)20-15(23)5-11-4-10-6-18-17(25-3)16(10)13(9-22)19-11/h4,12,14,22H,5-9H2,1-3H3,(H,20,23)/t12-,14-/m1/s1. The maximum absolute atomic E-state index is 12.4. The predicted molar refractivity (Wildman–Crippen MR) is 91.3 cm³/mol. The van der Waals surface area contributed by atoms with Crippen molar-refractivity contribution in [1.82, 2.24) is 15.2 Å². The van der Waals surface area contributed by atoms with Gasteiger partial charge in [-0.3, -0.25) is 9.78 Å². The number of ether oxygens (including phenoxy) is 2. The number of rotatable bonds is 5. The van der Waals surface area contributed by atoms with Crippen LogP contribution in [-0.2, 0) is 33.8 Å². The fraction of sp³-hybridized carbons (Fsp3) is 0.588. The number of methoxy groups -OCH3 is 2. The van der Waals surface area contributed by atoms with E-state index in [1.165, 1.54) is 0 Å². The van der Waals surface area contributed by atoms with Crippen LogP contribution in [0, 0.1) is 0 Å². The number of nitrogens with one attached hydrogen (secondary N) is 1. The van der Waals surface area contributed by atoms with Crippen molar-refractivity contribution in [1.29, 1.82) is 0 Å². The van der Waals surface area contributed by atoms with Crippen LogP contribution in [0.2, 0.25) is 0 Å². The molecule has 8 nitrogen and oxygen atoms in total. The number of aliphatic hydroxyl groups is 1. The van der Waals surface area contributed by atoms with E-state index in [-0.39, 0.29) is 31.1 Å². The van der Waals surface area contributed by atoms with Crippen LogP contribution < -0.4 is 5.32 Å². The number of hydrogen-bond acceptors (Lipinski definition) is 7. The van der Waals surface area contributed by atoms with E-state index in [0.29, 0.717) is 23.8 Å². The van der Waals surface area contributed by atoms with E-state index < -0.39 is 0 Å². The van der Waals surface area contributed by atoms with Crippen LogP contribution in [0.3, 0.4) is 0 Å². The van der Waals surface area contributed by atoms with Gasteiger partial charge in [0.25, 0.3) is 0 Å². The Labute approximate surface area is 146 Å². The summed E-state index contributed by atoms with van der Waals surface area (Å²) in [4.78, 5) is 23.2. The molecule has 2 N–H and O–H groups in total. The fourth-order valence-corrected chi connectivity index (χ4v) is 3.48. The third kappa shape index (κ3) is 3.65. The number of likely N-dealkylation sites (N-methyl/N-ethyl adjacent to an activating group) is 1. The zero-order valence-corrected chi connectivity index (χ0v) is 14.8. The number of likely N-dealkylation sites (tertiary alicyclic amines) is 1. The molecule has 0 saturated carbocycles. The van der Waals surface area contributed by atoms with Gasteiger partial charge in [0.15, 0.2) is 0 Å². The SMILES string of the molecule is COC1=NCc2cc(CC(=O)N[C@@H]3CN(C)C[C@H]3OC)nc(CO)c21. The van der Waals surface area contributed by atoms with E-state index in [2.05, 4.69) is 20.2 Å². The van der Waals surface area contributed by atoms with Gasteiger partial charge in [-0.05, 0) is 18.7 Å². The second-order valence-corrected chi connectivity index (χ2v) is 6.42. The fourth-order valence-electron chi connectivity index (χ4n) is 3.48. The van der Waals surface area contributed by atoms with E-state index in [1.807, 2.05) is 13.1 Å². The smallest absolute Gasteiger partial charge is 0.226 e. The van der Waals surface area contributed by atoms with Crippen LogP contribution in [0.1, 0.15) is 22.5 Å². The molecule has 8 heteroatoms. The summed E-state index contributed by atoms with van der Waals surface area (Å²) in [6, 6.07) is 1.83. The third-order valence-corrected chi connectivity index (χ3v) is 4.62. The van der Waals surface area contributed by atoms with Gasteiger partial charge in [0, 0.05) is 20.2 Å². The summed E-state index contributed by atoms with van der Waals surface area (Å²) in [6.07, 6.45) is 0.145. The zero-order valence-electron chi connectivity index (χ0n) is 14.8. The number of aliphatic imine (C=N–C) groups is 1. The summed E-state index contributed by atoms with van der Waals surface area (Å²) in [7, 11) is 5.20. The summed E-state index contributed by atoms with van der Waals surface area (Å²) in [5.74, 6) is 0.379. The van der Waals surface area contributed by atoms with Crippen molar-refractivity contribution in [2.75, 3.05) is 34.4 Å². The Morgan fingerprint density at radius 2 is 2.24 bits per heavy atom. The van der Waals surface area contributed by atoms with Crippen molar-refractivity contribution >= 4 is 11.8 Å². The molecule has 2 aliphatic heterocycles. The first-order chi connectivity index (χ1) is 12.0. The highest BCUT2D eigenvalue weighted by Gasteiger charge is 2.32. The van der Waals surface area contributed by atoms with Crippen molar-refractivity contribution in [3.8, 4) is 0 Å². The quantitative estimate of drug-likeness (QED) is 0.743. The van der Waals surface area contributed by atoms with Crippen LogP contribution in [0.15, 0.2) is 11.1 Å². The molecule has 1 aromatic heterocycles. The number of hydrogen-bond donors (Lipinski definition) is 2. The van der Waals surface area contributed by atoms with Gasteiger partial charge in [-0.25, -0.2) is 4.99 Å². The predicted octanol–water partition coefficient (Wildman–Crippen LogP) is -0.532. The van der Waals surface area contributed by atoms with E-state index in [0.717, 1.165) is 24.2 Å².